The summed E-state index contributed by atoms with van der Waals surface area (Å²) in [6.45, 7) is 4.40. The number of carboxylic acids is 1. The summed E-state index contributed by atoms with van der Waals surface area (Å²) in [4.78, 5) is 16.4. The van der Waals surface area contributed by atoms with Crippen LogP contribution in [0.25, 0.3) is 0 Å². The number of thiazole rings is 1. The molecule has 2 aromatic heterocycles. The van der Waals surface area contributed by atoms with Crippen LogP contribution >= 0.6 is 11.3 Å². The fraction of sp³-hybridized carbons (Fsp3) is 0.400. The normalized spacial score (nSPS) is 10.8. The average molecular weight is 267 g/mol. The van der Waals surface area contributed by atoms with E-state index in [4.69, 9.17) is 10.8 Å². The zero-order valence-electron chi connectivity index (χ0n) is 10.0. The summed E-state index contributed by atoms with van der Waals surface area (Å²) < 4.78 is 1.49. The Hall–Kier alpha value is -1.80. The van der Waals surface area contributed by atoms with Gasteiger partial charge in [0.25, 0.3) is 0 Å². The van der Waals surface area contributed by atoms with Crippen LogP contribution < -0.4 is 5.73 Å². The number of aryl methyl sites for hydroxylation is 2. The number of nitrogens with zero attached hydrogens (tertiary/aromatic N) is 4. The van der Waals surface area contributed by atoms with E-state index in [-0.39, 0.29) is 12.2 Å². The number of hydrogen-bond donors (Lipinski definition) is 2. The molecule has 0 aliphatic rings. The van der Waals surface area contributed by atoms with Crippen molar-refractivity contribution in [3.8, 4) is 0 Å². The van der Waals surface area contributed by atoms with Crippen LogP contribution in [0.1, 0.15) is 31.8 Å². The van der Waals surface area contributed by atoms with Crippen molar-refractivity contribution in [3.63, 3.8) is 0 Å². The first-order chi connectivity index (χ1) is 8.52. The number of hydrogen-bond acceptors (Lipinski definition) is 6. The van der Waals surface area contributed by atoms with Gasteiger partial charge in [-0.1, -0.05) is 5.21 Å². The van der Waals surface area contributed by atoms with Crippen molar-refractivity contribution in [2.75, 3.05) is 0 Å². The second-order valence-corrected chi connectivity index (χ2v) is 5.09. The zero-order valence-corrected chi connectivity index (χ0v) is 10.9. The molecule has 0 radical (unpaired) electrons. The smallest absolute Gasteiger partial charge is 0.358 e. The van der Waals surface area contributed by atoms with E-state index in [1.54, 1.807) is 11.3 Å². The fourth-order valence-electron chi connectivity index (χ4n) is 1.56. The maximum atomic E-state index is 10.9. The molecule has 2 aromatic rings. The van der Waals surface area contributed by atoms with E-state index in [9.17, 15) is 4.79 Å². The molecule has 0 aliphatic heterocycles. The molecule has 18 heavy (non-hydrogen) atoms. The number of rotatable bonds is 4. The molecule has 2 rings (SSSR count). The molecule has 0 amide bonds. The molecule has 3 N–H and O–H groups in total. The van der Waals surface area contributed by atoms with Gasteiger partial charge in [-0.05, 0) is 13.8 Å². The topological polar surface area (TPSA) is 107 Å². The van der Waals surface area contributed by atoms with Gasteiger partial charge in [-0.15, -0.1) is 16.4 Å². The van der Waals surface area contributed by atoms with E-state index in [0.29, 0.717) is 12.2 Å². The third-order valence-corrected chi connectivity index (χ3v) is 3.65. The summed E-state index contributed by atoms with van der Waals surface area (Å²) in [5.74, 6) is -1.12. The number of aromatic nitrogens is 4. The molecule has 0 saturated carbocycles. The fourth-order valence-corrected chi connectivity index (χ4v) is 2.48. The van der Waals surface area contributed by atoms with Crippen LogP contribution in [0.3, 0.4) is 0 Å². The zero-order chi connectivity index (χ0) is 13.3. The first kappa shape index (κ1) is 12.7. The number of aromatic carboxylic acids is 1. The highest BCUT2D eigenvalue weighted by atomic mass is 32.1. The minimum Gasteiger partial charge on any atom is -0.476 e. The molecule has 8 heteroatoms. The standard InChI is InChI=1S/C10H13N5O2S/c1-5-6(2)18-8(12-5)4-15-7(3-11)9(10(16)17)13-14-15/h3-4,11H2,1-2H3,(H,16,17). The highest BCUT2D eigenvalue weighted by Gasteiger charge is 2.18. The van der Waals surface area contributed by atoms with Gasteiger partial charge in [-0.2, -0.15) is 0 Å². The maximum Gasteiger partial charge on any atom is 0.358 e. The van der Waals surface area contributed by atoms with Crippen molar-refractivity contribution < 1.29 is 9.90 Å². The van der Waals surface area contributed by atoms with Crippen LogP contribution in [0.2, 0.25) is 0 Å². The summed E-state index contributed by atoms with van der Waals surface area (Å²) in [5, 5.41) is 17.2. The van der Waals surface area contributed by atoms with Crippen LogP contribution in [0.5, 0.6) is 0 Å². The van der Waals surface area contributed by atoms with Crippen LogP contribution in [0, 0.1) is 13.8 Å². The molecule has 0 aromatic carbocycles. The lowest BCUT2D eigenvalue weighted by Gasteiger charge is -2.02. The molecular formula is C10H13N5O2S. The van der Waals surface area contributed by atoms with Crippen molar-refractivity contribution in [1.29, 1.82) is 0 Å². The molecule has 0 fully saturated rings. The molecule has 0 saturated heterocycles. The lowest BCUT2D eigenvalue weighted by atomic mass is 10.3. The molecular weight excluding hydrogens is 254 g/mol. The molecule has 0 unspecified atom stereocenters. The second-order valence-electron chi connectivity index (χ2n) is 3.80. The van der Waals surface area contributed by atoms with Crippen LogP contribution in [0.4, 0.5) is 0 Å². The van der Waals surface area contributed by atoms with Gasteiger partial charge < -0.3 is 10.8 Å². The van der Waals surface area contributed by atoms with Gasteiger partial charge in [0.15, 0.2) is 5.69 Å². The summed E-state index contributed by atoms with van der Waals surface area (Å²) in [5.41, 5.74) is 6.83. The van der Waals surface area contributed by atoms with Gasteiger partial charge in [0.1, 0.15) is 5.01 Å². The molecule has 2 heterocycles. The first-order valence-electron chi connectivity index (χ1n) is 5.31. The van der Waals surface area contributed by atoms with Crippen molar-refractivity contribution >= 4 is 17.3 Å². The predicted molar refractivity (Wildman–Crippen MR) is 65.6 cm³/mol. The quantitative estimate of drug-likeness (QED) is 0.838. The minimum atomic E-state index is -1.12. The summed E-state index contributed by atoms with van der Waals surface area (Å²) in [6, 6.07) is 0. The highest BCUT2D eigenvalue weighted by molar-refractivity contribution is 7.11. The van der Waals surface area contributed by atoms with E-state index < -0.39 is 5.97 Å². The van der Waals surface area contributed by atoms with E-state index in [1.807, 2.05) is 13.8 Å². The maximum absolute atomic E-state index is 10.9. The SMILES string of the molecule is Cc1nc(Cn2nnc(C(=O)O)c2CN)sc1C. The first-order valence-corrected chi connectivity index (χ1v) is 6.13. The van der Waals surface area contributed by atoms with Gasteiger partial charge >= 0.3 is 5.97 Å². The Balaban J connectivity index is 2.31. The van der Waals surface area contributed by atoms with Gasteiger partial charge in [0, 0.05) is 11.4 Å². The Bertz CT molecular complexity index is 570. The highest BCUT2D eigenvalue weighted by Crippen LogP contribution is 2.18. The van der Waals surface area contributed by atoms with E-state index >= 15 is 0 Å². The summed E-state index contributed by atoms with van der Waals surface area (Å²) in [7, 11) is 0. The van der Waals surface area contributed by atoms with Crippen LogP contribution in [0.15, 0.2) is 0 Å². The minimum absolute atomic E-state index is 0.0813. The van der Waals surface area contributed by atoms with Crippen molar-refractivity contribution in [2.24, 2.45) is 5.73 Å². The summed E-state index contributed by atoms with van der Waals surface area (Å²) >= 11 is 1.56. The molecule has 0 spiro atoms. The average Bonchev–Trinajstić information content (AvgIpc) is 2.84. The van der Waals surface area contributed by atoms with Gasteiger partial charge in [0.05, 0.1) is 17.9 Å². The second kappa shape index (κ2) is 4.83. The lowest BCUT2D eigenvalue weighted by Crippen LogP contribution is -2.13. The Labute approximate surface area is 107 Å². The predicted octanol–water partition coefficient (Wildman–Crippen LogP) is 0.557. The van der Waals surface area contributed by atoms with E-state index in [2.05, 4.69) is 15.3 Å². The number of carbonyl (C=O) groups is 1. The van der Waals surface area contributed by atoms with Crippen molar-refractivity contribution in [2.45, 2.75) is 26.9 Å². The largest absolute Gasteiger partial charge is 0.476 e. The van der Waals surface area contributed by atoms with Crippen LogP contribution in [-0.2, 0) is 13.1 Å². The molecule has 7 nitrogen and oxygen atoms in total. The van der Waals surface area contributed by atoms with Gasteiger partial charge in [0.2, 0.25) is 0 Å². The van der Waals surface area contributed by atoms with Crippen molar-refractivity contribution in [1.82, 2.24) is 20.0 Å². The van der Waals surface area contributed by atoms with Gasteiger partial charge in [-0.3, -0.25) is 0 Å². The third kappa shape index (κ3) is 2.24. The molecule has 96 valence electrons. The van der Waals surface area contributed by atoms with E-state index in [0.717, 1.165) is 15.6 Å². The molecule has 0 atom stereocenters. The number of nitrogens with two attached hydrogens (primary N) is 1. The van der Waals surface area contributed by atoms with Gasteiger partial charge in [-0.25, -0.2) is 14.5 Å². The Kier molecular flexibility index (Phi) is 3.39. The monoisotopic (exact) mass is 267 g/mol. The van der Waals surface area contributed by atoms with Crippen LogP contribution in [-0.4, -0.2) is 31.1 Å². The van der Waals surface area contributed by atoms with Crippen molar-refractivity contribution in [3.05, 3.63) is 27.0 Å². The van der Waals surface area contributed by atoms with E-state index in [1.165, 1.54) is 4.68 Å². The lowest BCUT2D eigenvalue weighted by molar-refractivity contribution is 0.0689. The number of carboxylic acid groups (broad SMARTS) is 1. The third-order valence-electron chi connectivity index (χ3n) is 2.59. The Morgan fingerprint density at radius 2 is 2.22 bits per heavy atom. The summed E-state index contributed by atoms with van der Waals surface area (Å²) in [6.07, 6.45) is 0. The Morgan fingerprint density at radius 1 is 1.50 bits per heavy atom. The molecule has 0 bridgehead atoms. The molecule has 0 aliphatic carbocycles. The Morgan fingerprint density at radius 3 is 2.72 bits per heavy atom.